The molecule has 1 aliphatic heterocycles. The summed E-state index contributed by atoms with van der Waals surface area (Å²) in [4.78, 5) is 20.8. The quantitative estimate of drug-likeness (QED) is 0.612. The van der Waals surface area contributed by atoms with E-state index in [2.05, 4.69) is 41.4 Å². The zero-order chi connectivity index (χ0) is 21.0. The number of benzene rings is 1. The number of aryl methyl sites for hydroxylation is 1. The van der Waals surface area contributed by atoms with Gasteiger partial charge in [0, 0.05) is 45.3 Å². The molecule has 0 saturated carbocycles. The summed E-state index contributed by atoms with van der Waals surface area (Å²) in [5, 5.41) is 7.60. The van der Waals surface area contributed by atoms with Crippen molar-refractivity contribution in [2.45, 2.75) is 19.3 Å². The van der Waals surface area contributed by atoms with Gasteiger partial charge >= 0.3 is 0 Å². The molecule has 156 valence electrons. The minimum Gasteiger partial charge on any atom is -0.497 e. The highest BCUT2D eigenvalue weighted by Gasteiger charge is 2.29. The lowest BCUT2D eigenvalue weighted by molar-refractivity contribution is -0.120. The number of piperazine rings is 1. The predicted octanol–water partition coefficient (Wildman–Crippen LogP) is 1.63. The third-order valence-corrected chi connectivity index (χ3v) is 5.27. The molecular weight excluding hydrogens is 368 g/mol. The molecule has 1 saturated heterocycles. The maximum atomic E-state index is 12.7. The second kappa shape index (κ2) is 8.55. The van der Waals surface area contributed by atoms with Gasteiger partial charge < -0.3 is 19.9 Å². The smallest absolute Gasteiger partial charge is 0.246 e. The van der Waals surface area contributed by atoms with Crippen molar-refractivity contribution in [2.24, 2.45) is 12.0 Å². The molecular formula is C21H30N6O2. The van der Waals surface area contributed by atoms with Crippen molar-refractivity contribution in [1.29, 1.82) is 0 Å². The fraction of sp³-hybridized carbons (Fsp3) is 0.476. The Labute approximate surface area is 172 Å². The zero-order valence-electron chi connectivity index (χ0n) is 17.8. The van der Waals surface area contributed by atoms with Crippen LogP contribution in [0.5, 0.6) is 5.75 Å². The maximum Gasteiger partial charge on any atom is 0.246 e. The van der Waals surface area contributed by atoms with Crippen molar-refractivity contribution in [2.75, 3.05) is 45.2 Å². The Bertz CT molecular complexity index is 889. The van der Waals surface area contributed by atoms with Gasteiger partial charge in [0.25, 0.3) is 0 Å². The van der Waals surface area contributed by atoms with E-state index in [0.717, 1.165) is 17.4 Å². The largest absolute Gasteiger partial charge is 0.497 e. The molecule has 8 nitrogen and oxygen atoms in total. The Morgan fingerprint density at radius 1 is 1.34 bits per heavy atom. The molecule has 1 fully saturated rings. The third-order valence-electron chi connectivity index (χ3n) is 5.27. The van der Waals surface area contributed by atoms with E-state index in [1.54, 1.807) is 29.9 Å². The van der Waals surface area contributed by atoms with E-state index in [4.69, 9.17) is 4.74 Å². The number of rotatable bonds is 5. The Morgan fingerprint density at radius 3 is 2.76 bits per heavy atom. The summed E-state index contributed by atoms with van der Waals surface area (Å²) in [7, 11) is 5.27. The predicted molar refractivity (Wildman–Crippen MR) is 115 cm³/mol. The van der Waals surface area contributed by atoms with E-state index in [0.29, 0.717) is 19.6 Å². The fourth-order valence-corrected chi connectivity index (χ4v) is 3.45. The summed E-state index contributed by atoms with van der Waals surface area (Å²) in [6, 6.07) is 8.10. The molecule has 0 aliphatic carbocycles. The lowest BCUT2D eigenvalue weighted by atomic mass is 9.84. The number of aliphatic imine (C=N–C) groups is 1. The molecule has 1 aromatic heterocycles. The Kier molecular flexibility index (Phi) is 6.10. The minimum absolute atomic E-state index is 0.0410. The molecule has 8 heteroatoms. The van der Waals surface area contributed by atoms with Crippen molar-refractivity contribution < 1.29 is 9.53 Å². The number of hydrogen-bond acceptors (Lipinski definition) is 4. The fourth-order valence-electron chi connectivity index (χ4n) is 3.45. The second-order valence-electron chi connectivity index (χ2n) is 7.86. The number of nitrogens with zero attached hydrogens (tertiary/aromatic N) is 5. The van der Waals surface area contributed by atoms with Crippen LogP contribution < -0.4 is 15.0 Å². The molecule has 0 bridgehead atoms. The van der Waals surface area contributed by atoms with Gasteiger partial charge in [0.1, 0.15) is 12.3 Å². The number of ether oxygens (including phenoxy) is 1. The molecule has 2 heterocycles. The van der Waals surface area contributed by atoms with E-state index in [1.165, 1.54) is 5.56 Å². The van der Waals surface area contributed by atoms with Crippen molar-refractivity contribution >= 4 is 17.6 Å². The van der Waals surface area contributed by atoms with Crippen LogP contribution in [-0.2, 0) is 17.3 Å². The van der Waals surface area contributed by atoms with Crippen LogP contribution in [0.4, 0.5) is 5.69 Å². The third kappa shape index (κ3) is 4.70. The van der Waals surface area contributed by atoms with E-state index in [1.807, 2.05) is 30.3 Å². The van der Waals surface area contributed by atoms with Gasteiger partial charge in [-0.15, -0.1) is 0 Å². The average Bonchev–Trinajstić information content (AvgIpc) is 3.14. The summed E-state index contributed by atoms with van der Waals surface area (Å²) >= 11 is 0. The van der Waals surface area contributed by atoms with Crippen LogP contribution in [0.15, 0.2) is 41.7 Å². The first-order valence-corrected chi connectivity index (χ1v) is 9.73. The zero-order valence-corrected chi connectivity index (χ0v) is 17.8. The molecule has 1 N–H and O–H groups in total. The molecule has 1 aromatic carbocycles. The van der Waals surface area contributed by atoms with Crippen molar-refractivity contribution in [3.8, 4) is 5.75 Å². The van der Waals surface area contributed by atoms with Crippen LogP contribution in [0.3, 0.4) is 0 Å². The Morgan fingerprint density at radius 2 is 2.14 bits per heavy atom. The van der Waals surface area contributed by atoms with Crippen molar-refractivity contribution in [3.05, 3.63) is 42.2 Å². The summed E-state index contributed by atoms with van der Waals surface area (Å²) in [6.07, 6.45) is 3.58. The maximum absolute atomic E-state index is 12.7. The van der Waals surface area contributed by atoms with E-state index >= 15 is 0 Å². The molecule has 3 rings (SSSR count). The van der Waals surface area contributed by atoms with Gasteiger partial charge in [-0.3, -0.25) is 14.5 Å². The molecule has 1 aliphatic rings. The Hall–Kier alpha value is -3.03. The molecule has 0 unspecified atom stereocenters. The van der Waals surface area contributed by atoms with Gasteiger partial charge in [-0.05, 0) is 17.7 Å². The van der Waals surface area contributed by atoms with Crippen LogP contribution in [0, 0.1) is 0 Å². The van der Waals surface area contributed by atoms with Crippen LogP contribution in [0.25, 0.3) is 0 Å². The lowest BCUT2D eigenvalue weighted by Crippen LogP contribution is -2.56. The number of nitrogens with one attached hydrogen (secondary N) is 1. The number of guanidine groups is 1. The van der Waals surface area contributed by atoms with Crippen LogP contribution >= 0.6 is 0 Å². The van der Waals surface area contributed by atoms with Crippen LogP contribution in [0.2, 0.25) is 0 Å². The standard InChI is InChI=1S/C21H30N6O2/c1-21(2,16-7-6-8-18(11-16)29-5)15-23-20(22-3)26-9-10-27(19(28)14-26)17-12-24-25(4)13-17/h6-8,11-13H,9-10,14-15H2,1-5H3,(H,22,23). The normalized spacial score (nSPS) is 15.6. The van der Waals surface area contributed by atoms with Crippen LogP contribution in [0.1, 0.15) is 19.4 Å². The van der Waals surface area contributed by atoms with Crippen LogP contribution in [-0.4, -0.2) is 66.9 Å². The number of aromatic nitrogens is 2. The summed E-state index contributed by atoms with van der Waals surface area (Å²) < 4.78 is 7.06. The molecule has 29 heavy (non-hydrogen) atoms. The number of hydrogen-bond donors (Lipinski definition) is 1. The highest BCUT2D eigenvalue weighted by atomic mass is 16.5. The van der Waals surface area contributed by atoms with Gasteiger partial charge in [0.2, 0.25) is 5.91 Å². The highest BCUT2D eigenvalue weighted by Crippen LogP contribution is 2.26. The molecule has 2 aromatic rings. The Balaban J connectivity index is 1.62. The monoisotopic (exact) mass is 398 g/mol. The number of carbonyl (C=O) groups excluding carboxylic acids is 1. The number of anilines is 1. The molecule has 1 amide bonds. The van der Waals surface area contributed by atoms with Crippen molar-refractivity contribution in [3.63, 3.8) is 0 Å². The SMILES string of the molecule is CN=C(NCC(C)(C)c1cccc(OC)c1)N1CCN(c2cnn(C)c2)C(=O)C1. The first-order chi connectivity index (χ1) is 13.8. The summed E-state index contributed by atoms with van der Waals surface area (Å²) in [6.45, 7) is 6.63. The topological polar surface area (TPSA) is 75.0 Å². The van der Waals surface area contributed by atoms with Gasteiger partial charge in [-0.2, -0.15) is 5.10 Å². The van der Waals surface area contributed by atoms with E-state index in [-0.39, 0.29) is 17.9 Å². The lowest BCUT2D eigenvalue weighted by Gasteiger charge is -2.36. The molecule has 0 spiro atoms. The highest BCUT2D eigenvalue weighted by molar-refractivity contribution is 5.98. The molecule has 0 atom stereocenters. The van der Waals surface area contributed by atoms with Gasteiger partial charge in [-0.1, -0.05) is 26.0 Å². The van der Waals surface area contributed by atoms with Crippen molar-refractivity contribution in [1.82, 2.24) is 20.0 Å². The number of methoxy groups -OCH3 is 1. The van der Waals surface area contributed by atoms with Gasteiger partial charge in [0.15, 0.2) is 5.96 Å². The van der Waals surface area contributed by atoms with Gasteiger partial charge in [-0.25, -0.2) is 0 Å². The summed E-state index contributed by atoms with van der Waals surface area (Å²) in [5.41, 5.74) is 1.88. The first-order valence-electron chi connectivity index (χ1n) is 9.73. The second-order valence-corrected chi connectivity index (χ2v) is 7.86. The number of amides is 1. The molecule has 0 radical (unpaired) electrons. The van der Waals surface area contributed by atoms with E-state index < -0.39 is 0 Å². The van der Waals surface area contributed by atoms with Gasteiger partial charge in [0.05, 0.1) is 19.0 Å². The first kappa shape index (κ1) is 20.7. The minimum atomic E-state index is -0.133. The summed E-state index contributed by atoms with van der Waals surface area (Å²) in [5.74, 6) is 1.62. The number of carbonyl (C=O) groups is 1. The average molecular weight is 399 g/mol. The van der Waals surface area contributed by atoms with E-state index in [9.17, 15) is 4.79 Å².